The Kier molecular flexibility index (Phi) is 7.92. The van der Waals surface area contributed by atoms with E-state index in [9.17, 15) is 19.2 Å². The maximum absolute atomic E-state index is 13.0. The van der Waals surface area contributed by atoms with Crippen molar-refractivity contribution < 1.29 is 28.7 Å². The minimum absolute atomic E-state index is 0.154. The van der Waals surface area contributed by atoms with E-state index in [2.05, 4.69) is 15.9 Å². The van der Waals surface area contributed by atoms with Crippen LogP contribution < -0.4 is 9.47 Å². The van der Waals surface area contributed by atoms with Gasteiger partial charge in [0.1, 0.15) is 18.0 Å². The van der Waals surface area contributed by atoms with Gasteiger partial charge in [-0.25, -0.2) is 4.79 Å². The zero-order valence-electron chi connectivity index (χ0n) is 19.0. The van der Waals surface area contributed by atoms with Crippen molar-refractivity contribution in [2.45, 2.75) is 19.3 Å². The van der Waals surface area contributed by atoms with E-state index in [0.717, 1.165) is 35.9 Å². The smallest absolute Gasteiger partial charge is 0.343 e. The standard InChI is InChI=1S/C25H23BrN2O6S/c1-33-19-8-5-16(6-9-19)24(31)34-20-10-7-18(26)13-17(20)14-21-23(30)28(25(32)35-21)15-22(29)27-11-3-2-4-12-27/h5-10,13-14H,2-4,11-12,15H2,1H3/b21-14-. The first-order chi connectivity index (χ1) is 16.9. The van der Waals surface area contributed by atoms with Gasteiger partial charge in [-0.15, -0.1) is 0 Å². The molecule has 2 fully saturated rings. The summed E-state index contributed by atoms with van der Waals surface area (Å²) in [7, 11) is 1.53. The summed E-state index contributed by atoms with van der Waals surface area (Å²) in [5, 5.41) is -0.501. The van der Waals surface area contributed by atoms with Gasteiger partial charge in [0.25, 0.3) is 11.1 Å². The molecule has 35 heavy (non-hydrogen) atoms. The van der Waals surface area contributed by atoms with Crippen LogP contribution in [0.4, 0.5) is 4.79 Å². The summed E-state index contributed by atoms with van der Waals surface area (Å²) in [6.07, 6.45) is 4.42. The van der Waals surface area contributed by atoms with Crippen LogP contribution in [0.1, 0.15) is 35.2 Å². The summed E-state index contributed by atoms with van der Waals surface area (Å²) >= 11 is 4.14. The molecule has 2 aromatic carbocycles. The van der Waals surface area contributed by atoms with Gasteiger partial charge in [0.05, 0.1) is 17.6 Å². The first-order valence-electron chi connectivity index (χ1n) is 11.0. The number of carbonyl (C=O) groups excluding carboxylic acids is 4. The van der Waals surface area contributed by atoms with E-state index in [1.165, 1.54) is 13.2 Å². The van der Waals surface area contributed by atoms with Crippen LogP contribution in [0.25, 0.3) is 6.08 Å². The molecule has 0 atom stereocenters. The Hall–Kier alpha value is -3.11. The Morgan fingerprint density at radius 2 is 1.77 bits per heavy atom. The molecule has 0 aromatic heterocycles. The fourth-order valence-electron chi connectivity index (χ4n) is 3.77. The largest absolute Gasteiger partial charge is 0.497 e. The molecular formula is C25H23BrN2O6S. The first kappa shape index (κ1) is 25.0. The average molecular weight is 559 g/mol. The van der Waals surface area contributed by atoms with Crippen LogP contribution in [0.5, 0.6) is 11.5 Å². The van der Waals surface area contributed by atoms with Crippen molar-refractivity contribution >= 4 is 56.8 Å². The second kappa shape index (κ2) is 11.1. The van der Waals surface area contributed by atoms with Gasteiger partial charge in [-0.05, 0) is 79.6 Å². The Labute approximate surface area is 215 Å². The normalized spacial score (nSPS) is 17.1. The number of benzene rings is 2. The third-order valence-corrected chi connectivity index (χ3v) is 7.06. The minimum atomic E-state index is -0.579. The van der Waals surface area contributed by atoms with Crippen LogP contribution in [0, 0.1) is 0 Å². The summed E-state index contributed by atoms with van der Waals surface area (Å²) in [5.74, 6) is -0.516. The summed E-state index contributed by atoms with van der Waals surface area (Å²) in [6.45, 7) is 1.01. The van der Waals surface area contributed by atoms with Crippen molar-refractivity contribution in [1.82, 2.24) is 9.80 Å². The lowest BCUT2D eigenvalue weighted by Crippen LogP contribution is -2.44. The molecule has 4 rings (SSSR count). The minimum Gasteiger partial charge on any atom is -0.497 e. The third-order valence-electron chi connectivity index (χ3n) is 5.66. The monoisotopic (exact) mass is 558 g/mol. The number of ether oxygens (including phenoxy) is 2. The van der Waals surface area contributed by atoms with Gasteiger partial charge in [-0.3, -0.25) is 19.3 Å². The highest BCUT2D eigenvalue weighted by atomic mass is 79.9. The van der Waals surface area contributed by atoms with Crippen molar-refractivity contribution in [2.75, 3.05) is 26.7 Å². The van der Waals surface area contributed by atoms with Crippen molar-refractivity contribution in [3.8, 4) is 11.5 Å². The van der Waals surface area contributed by atoms with Crippen LogP contribution in [-0.2, 0) is 9.59 Å². The van der Waals surface area contributed by atoms with Gasteiger partial charge in [-0.1, -0.05) is 15.9 Å². The number of hydrogen-bond acceptors (Lipinski definition) is 7. The molecule has 2 aliphatic rings. The van der Waals surface area contributed by atoms with Crippen molar-refractivity contribution in [3.63, 3.8) is 0 Å². The van der Waals surface area contributed by atoms with E-state index < -0.39 is 17.1 Å². The molecule has 8 nitrogen and oxygen atoms in total. The van der Waals surface area contributed by atoms with Crippen LogP contribution in [0.15, 0.2) is 51.8 Å². The van der Waals surface area contributed by atoms with E-state index in [1.54, 1.807) is 47.4 Å². The molecule has 0 N–H and O–H groups in total. The van der Waals surface area contributed by atoms with Gasteiger partial charge in [0, 0.05) is 23.1 Å². The van der Waals surface area contributed by atoms with Crippen LogP contribution in [0.3, 0.4) is 0 Å². The third kappa shape index (κ3) is 5.94. The number of amides is 3. The predicted molar refractivity (Wildman–Crippen MR) is 135 cm³/mol. The van der Waals surface area contributed by atoms with Gasteiger partial charge in [0.2, 0.25) is 5.91 Å². The zero-order valence-corrected chi connectivity index (χ0v) is 21.4. The predicted octanol–water partition coefficient (Wildman–Crippen LogP) is 4.73. The lowest BCUT2D eigenvalue weighted by atomic mass is 10.1. The Morgan fingerprint density at radius 1 is 1.06 bits per heavy atom. The molecule has 0 spiro atoms. The molecule has 10 heteroatoms. The number of piperidine rings is 1. The molecule has 2 heterocycles. The molecule has 0 unspecified atom stereocenters. The number of carbonyl (C=O) groups is 4. The summed E-state index contributed by atoms with van der Waals surface area (Å²) in [6, 6.07) is 11.5. The summed E-state index contributed by atoms with van der Waals surface area (Å²) in [5.41, 5.74) is 0.769. The SMILES string of the molecule is COc1ccc(C(=O)Oc2ccc(Br)cc2/C=C2\SC(=O)N(CC(=O)N3CCCCC3)C2=O)cc1. The van der Waals surface area contributed by atoms with Crippen LogP contribution in [-0.4, -0.2) is 59.6 Å². The Balaban J connectivity index is 1.52. The van der Waals surface area contributed by atoms with Crippen LogP contribution >= 0.6 is 27.7 Å². The number of rotatable bonds is 6. The number of esters is 1. The molecule has 2 saturated heterocycles. The molecular weight excluding hydrogens is 536 g/mol. The van der Waals surface area contributed by atoms with Crippen LogP contribution in [0.2, 0.25) is 0 Å². The first-order valence-corrected chi connectivity index (χ1v) is 12.7. The lowest BCUT2D eigenvalue weighted by molar-refractivity contribution is -0.136. The second-order valence-corrected chi connectivity index (χ2v) is 9.92. The molecule has 0 saturated carbocycles. The number of nitrogens with zero attached hydrogens (tertiary/aromatic N) is 2. The number of halogens is 1. The van der Waals surface area contributed by atoms with Crippen molar-refractivity contribution in [1.29, 1.82) is 0 Å². The summed E-state index contributed by atoms with van der Waals surface area (Å²) < 4.78 is 11.4. The molecule has 2 aliphatic heterocycles. The lowest BCUT2D eigenvalue weighted by Gasteiger charge is -2.27. The van der Waals surface area contributed by atoms with E-state index in [-0.39, 0.29) is 23.1 Å². The van der Waals surface area contributed by atoms with E-state index in [0.29, 0.717) is 34.4 Å². The molecule has 2 aromatic rings. The highest BCUT2D eigenvalue weighted by Crippen LogP contribution is 2.35. The number of methoxy groups -OCH3 is 1. The maximum atomic E-state index is 13.0. The van der Waals surface area contributed by atoms with E-state index in [4.69, 9.17) is 9.47 Å². The molecule has 0 bridgehead atoms. The highest BCUT2D eigenvalue weighted by molar-refractivity contribution is 9.10. The maximum Gasteiger partial charge on any atom is 0.343 e. The van der Waals surface area contributed by atoms with E-state index in [1.807, 2.05) is 0 Å². The molecule has 0 aliphatic carbocycles. The highest BCUT2D eigenvalue weighted by Gasteiger charge is 2.37. The topological polar surface area (TPSA) is 93.2 Å². The van der Waals surface area contributed by atoms with E-state index >= 15 is 0 Å². The second-order valence-electron chi connectivity index (χ2n) is 8.01. The van der Waals surface area contributed by atoms with Gasteiger partial charge in [0.15, 0.2) is 0 Å². The Morgan fingerprint density at radius 3 is 2.46 bits per heavy atom. The average Bonchev–Trinajstić information content (AvgIpc) is 3.13. The number of thioether (sulfide) groups is 1. The number of hydrogen-bond donors (Lipinski definition) is 0. The zero-order chi connectivity index (χ0) is 24.9. The van der Waals surface area contributed by atoms with Gasteiger partial charge in [-0.2, -0.15) is 0 Å². The molecule has 182 valence electrons. The number of likely N-dealkylation sites (tertiary alicyclic amines) is 1. The van der Waals surface area contributed by atoms with Gasteiger partial charge < -0.3 is 14.4 Å². The molecule has 3 amide bonds. The fourth-order valence-corrected chi connectivity index (χ4v) is 4.98. The molecule has 0 radical (unpaired) electrons. The quantitative estimate of drug-likeness (QED) is 0.287. The van der Waals surface area contributed by atoms with Crippen molar-refractivity contribution in [2.24, 2.45) is 0 Å². The fraction of sp³-hybridized carbons (Fsp3) is 0.280. The summed E-state index contributed by atoms with van der Waals surface area (Å²) in [4.78, 5) is 53.5. The van der Waals surface area contributed by atoms with Crippen molar-refractivity contribution in [3.05, 3.63) is 63.0 Å². The van der Waals surface area contributed by atoms with Gasteiger partial charge >= 0.3 is 5.97 Å². The number of imide groups is 1. The Bertz CT molecular complexity index is 1190.